The molecular weight excluding hydrogens is 285 g/mol. The zero-order valence-electron chi connectivity index (χ0n) is 12.4. The van der Waals surface area contributed by atoms with E-state index in [1.54, 1.807) is 37.3 Å². The molecule has 2 aromatic carbocycles. The molecule has 0 aliphatic rings. The Morgan fingerprint density at radius 3 is 2.68 bits per heavy atom. The summed E-state index contributed by atoms with van der Waals surface area (Å²) < 4.78 is 18.5. The molecule has 5 heteroatoms. The number of Topliss-reactive ketones (excluding diaryl/α,β-unsaturated/α-hetero) is 1. The smallest absolute Gasteiger partial charge is 0.262 e. The van der Waals surface area contributed by atoms with E-state index in [1.807, 2.05) is 0 Å². The molecule has 0 saturated heterocycles. The average molecular weight is 301 g/mol. The molecule has 114 valence electrons. The lowest BCUT2D eigenvalue weighted by molar-refractivity contribution is -0.118. The Kier molecular flexibility index (Phi) is 4.88. The fourth-order valence-corrected chi connectivity index (χ4v) is 1.87. The van der Waals surface area contributed by atoms with E-state index in [2.05, 4.69) is 5.32 Å². The number of amides is 1. The van der Waals surface area contributed by atoms with Crippen molar-refractivity contribution in [2.75, 3.05) is 11.9 Å². The molecule has 22 heavy (non-hydrogen) atoms. The predicted molar refractivity (Wildman–Crippen MR) is 81.7 cm³/mol. The van der Waals surface area contributed by atoms with Crippen LogP contribution in [0, 0.1) is 12.7 Å². The quantitative estimate of drug-likeness (QED) is 0.862. The van der Waals surface area contributed by atoms with Crippen LogP contribution in [-0.2, 0) is 4.79 Å². The summed E-state index contributed by atoms with van der Waals surface area (Å²) in [6.45, 7) is 3.00. The van der Waals surface area contributed by atoms with Crippen molar-refractivity contribution in [1.82, 2.24) is 0 Å². The molecule has 0 spiro atoms. The van der Waals surface area contributed by atoms with E-state index >= 15 is 0 Å². The van der Waals surface area contributed by atoms with Gasteiger partial charge < -0.3 is 10.1 Å². The minimum Gasteiger partial charge on any atom is -0.484 e. The number of ketones is 1. The molecule has 2 rings (SSSR count). The second kappa shape index (κ2) is 6.85. The number of hydrogen-bond donors (Lipinski definition) is 1. The molecule has 0 bridgehead atoms. The Labute approximate surface area is 127 Å². The van der Waals surface area contributed by atoms with E-state index in [0.717, 1.165) is 5.56 Å². The average Bonchev–Trinajstić information content (AvgIpc) is 2.49. The highest BCUT2D eigenvalue weighted by Crippen LogP contribution is 2.17. The molecule has 0 heterocycles. The largest absolute Gasteiger partial charge is 0.484 e. The molecule has 0 aliphatic carbocycles. The Morgan fingerprint density at radius 2 is 1.95 bits per heavy atom. The van der Waals surface area contributed by atoms with Crippen LogP contribution in [0.15, 0.2) is 42.5 Å². The van der Waals surface area contributed by atoms with Crippen molar-refractivity contribution in [1.29, 1.82) is 0 Å². The number of ether oxygens (including phenoxy) is 1. The van der Waals surface area contributed by atoms with Gasteiger partial charge in [0.25, 0.3) is 5.91 Å². The maximum Gasteiger partial charge on any atom is 0.262 e. The molecule has 0 fully saturated rings. The summed E-state index contributed by atoms with van der Waals surface area (Å²) in [5, 5.41) is 2.59. The van der Waals surface area contributed by atoms with Crippen LogP contribution in [0.2, 0.25) is 0 Å². The van der Waals surface area contributed by atoms with Gasteiger partial charge in [0.05, 0.1) is 0 Å². The summed E-state index contributed by atoms with van der Waals surface area (Å²) in [4.78, 5) is 23.1. The molecule has 1 amide bonds. The van der Waals surface area contributed by atoms with Crippen LogP contribution < -0.4 is 10.1 Å². The van der Waals surface area contributed by atoms with Crippen molar-refractivity contribution in [2.24, 2.45) is 0 Å². The lowest BCUT2D eigenvalue weighted by Gasteiger charge is -2.10. The van der Waals surface area contributed by atoms with Gasteiger partial charge in [-0.15, -0.1) is 0 Å². The first-order valence-electron chi connectivity index (χ1n) is 6.75. The van der Waals surface area contributed by atoms with E-state index in [-0.39, 0.29) is 12.4 Å². The van der Waals surface area contributed by atoms with Crippen molar-refractivity contribution in [2.45, 2.75) is 13.8 Å². The number of aryl methyl sites for hydroxylation is 1. The summed E-state index contributed by atoms with van der Waals surface area (Å²) in [6.07, 6.45) is 0. The number of halogens is 1. The lowest BCUT2D eigenvalue weighted by Crippen LogP contribution is -2.20. The van der Waals surface area contributed by atoms with Gasteiger partial charge in [0.15, 0.2) is 12.4 Å². The van der Waals surface area contributed by atoms with Gasteiger partial charge in [0, 0.05) is 11.3 Å². The van der Waals surface area contributed by atoms with Crippen molar-refractivity contribution in [3.8, 4) is 5.75 Å². The van der Waals surface area contributed by atoms with E-state index in [9.17, 15) is 14.0 Å². The molecule has 2 aromatic rings. The first-order valence-corrected chi connectivity index (χ1v) is 6.75. The van der Waals surface area contributed by atoms with Gasteiger partial charge in [-0.25, -0.2) is 4.39 Å². The van der Waals surface area contributed by atoms with Gasteiger partial charge in [-0.3, -0.25) is 9.59 Å². The normalized spacial score (nSPS) is 10.1. The molecule has 0 aliphatic heterocycles. The topological polar surface area (TPSA) is 55.4 Å². The van der Waals surface area contributed by atoms with E-state index in [1.165, 1.54) is 19.1 Å². The predicted octanol–water partition coefficient (Wildman–Crippen LogP) is 3.35. The minimum atomic E-state index is -0.420. The fraction of sp³-hybridized carbons (Fsp3) is 0.176. The van der Waals surface area contributed by atoms with E-state index in [4.69, 9.17) is 4.74 Å². The first kappa shape index (κ1) is 15.7. The summed E-state index contributed by atoms with van der Waals surface area (Å²) in [5.41, 5.74) is 1.68. The number of hydrogen-bond acceptors (Lipinski definition) is 3. The summed E-state index contributed by atoms with van der Waals surface area (Å²) in [7, 11) is 0. The summed E-state index contributed by atoms with van der Waals surface area (Å²) in [5.74, 6) is -0.470. The maximum absolute atomic E-state index is 13.2. The summed E-state index contributed by atoms with van der Waals surface area (Å²) >= 11 is 0. The Bertz CT molecular complexity index is 713. The third-order valence-electron chi connectivity index (χ3n) is 3.08. The fourth-order valence-electron chi connectivity index (χ4n) is 1.87. The Morgan fingerprint density at radius 1 is 1.18 bits per heavy atom. The summed E-state index contributed by atoms with van der Waals surface area (Å²) in [6, 6.07) is 10.8. The molecule has 0 saturated carbocycles. The second-order valence-corrected chi connectivity index (χ2v) is 4.88. The van der Waals surface area contributed by atoms with Gasteiger partial charge in [0.1, 0.15) is 11.6 Å². The second-order valence-electron chi connectivity index (χ2n) is 4.88. The number of benzene rings is 2. The van der Waals surface area contributed by atoms with Gasteiger partial charge in [-0.1, -0.05) is 18.2 Å². The minimum absolute atomic E-state index is 0.0784. The highest BCUT2D eigenvalue weighted by Gasteiger charge is 2.08. The highest BCUT2D eigenvalue weighted by atomic mass is 19.1. The number of anilines is 1. The number of rotatable bonds is 5. The monoisotopic (exact) mass is 301 g/mol. The number of nitrogens with one attached hydrogen (secondary N) is 1. The van der Waals surface area contributed by atoms with Gasteiger partial charge >= 0.3 is 0 Å². The molecular formula is C17H16FNO3. The molecule has 0 aromatic heterocycles. The van der Waals surface area contributed by atoms with Crippen molar-refractivity contribution >= 4 is 17.4 Å². The van der Waals surface area contributed by atoms with Gasteiger partial charge in [0.2, 0.25) is 0 Å². The van der Waals surface area contributed by atoms with E-state index < -0.39 is 11.7 Å². The zero-order valence-corrected chi connectivity index (χ0v) is 12.4. The standard InChI is InChI=1S/C17H16FNO3/c1-11-6-7-14(18)9-16(11)19-17(21)10-22-15-5-3-4-13(8-15)12(2)20/h3-9H,10H2,1-2H3,(H,19,21). The van der Waals surface area contributed by atoms with E-state index in [0.29, 0.717) is 17.0 Å². The van der Waals surface area contributed by atoms with Crippen LogP contribution in [0.5, 0.6) is 5.75 Å². The maximum atomic E-state index is 13.2. The molecule has 0 atom stereocenters. The zero-order chi connectivity index (χ0) is 16.1. The Hall–Kier alpha value is -2.69. The van der Waals surface area contributed by atoms with Crippen molar-refractivity contribution < 1.29 is 18.7 Å². The van der Waals surface area contributed by atoms with Crippen molar-refractivity contribution in [3.05, 3.63) is 59.4 Å². The van der Waals surface area contributed by atoms with Gasteiger partial charge in [-0.05, 0) is 43.7 Å². The molecule has 1 N–H and O–H groups in total. The highest BCUT2D eigenvalue weighted by molar-refractivity contribution is 5.94. The van der Waals surface area contributed by atoms with Gasteiger partial charge in [-0.2, -0.15) is 0 Å². The van der Waals surface area contributed by atoms with Crippen LogP contribution >= 0.6 is 0 Å². The van der Waals surface area contributed by atoms with Crippen LogP contribution in [0.1, 0.15) is 22.8 Å². The third-order valence-corrected chi connectivity index (χ3v) is 3.08. The lowest BCUT2D eigenvalue weighted by atomic mass is 10.1. The molecule has 0 unspecified atom stereocenters. The number of carbonyl (C=O) groups is 2. The van der Waals surface area contributed by atoms with Crippen molar-refractivity contribution in [3.63, 3.8) is 0 Å². The SMILES string of the molecule is CC(=O)c1cccc(OCC(=O)Nc2cc(F)ccc2C)c1. The number of carbonyl (C=O) groups excluding carboxylic acids is 2. The van der Waals surface area contributed by atoms with Crippen LogP contribution in [0.3, 0.4) is 0 Å². The first-order chi connectivity index (χ1) is 10.5. The van der Waals surface area contributed by atoms with Crippen LogP contribution in [0.4, 0.5) is 10.1 Å². The molecule has 4 nitrogen and oxygen atoms in total. The van der Waals surface area contributed by atoms with Crippen LogP contribution in [-0.4, -0.2) is 18.3 Å². The Balaban J connectivity index is 1.97. The third kappa shape index (κ3) is 4.15. The molecule has 0 radical (unpaired) electrons. The van der Waals surface area contributed by atoms with Crippen LogP contribution in [0.25, 0.3) is 0 Å².